The Morgan fingerprint density at radius 1 is 0.902 bits per heavy atom. The number of hydrogen-bond acceptors (Lipinski definition) is 9. The van der Waals surface area contributed by atoms with Crippen LogP contribution in [0.1, 0.15) is 36.0 Å². The first-order chi connectivity index (χ1) is 20.1. The quantitative estimate of drug-likeness (QED) is 0.398. The maximum Gasteiger partial charge on any atom is 0.253 e. The van der Waals surface area contributed by atoms with Crippen molar-refractivity contribution in [2.75, 3.05) is 57.4 Å². The second-order valence-electron chi connectivity index (χ2n) is 11.0. The molecule has 11 nitrogen and oxygen atoms in total. The Bertz CT molecular complexity index is 1550. The monoisotopic (exact) mass is 554 g/mol. The lowest BCUT2D eigenvalue weighted by atomic mass is 10.0. The molecule has 0 bridgehead atoms. The van der Waals surface area contributed by atoms with Gasteiger partial charge >= 0.3 is 0 Å². The number of nitrogens with zero attached hydrogens (tertiary/aromatic N) is 8. The largest absolute Gasteiger partial charge is 0.508 e. The maximum absolute atomic E-state index is 13.5. The van der Waals surface area contributed by atoms with Crippen LogP contribution in [0.4, 0.5) is 5.82 Å². The molecule has 41 heavy (non-hydrogen) atoms. The van der Waals surface area contributed by atoms with Crippen molar-refractivity contribution < 1.29 is 14.6 Å². The minimum atomic E-state index is 0.0419. The number of aromatic nitrogens is 5. The van der Waals surface area contributed by atoms with E-state index in [0.29, 0.717) is 72.0 Å². The van der Waals surface area contributed by atoms with Gasteiger partial charge in [-0.25, -0.2) is 9.97 Å². The van der Waals surface area contributed by atoms with Crippen molar-refractivity contribution >= 4 is 22.9 Å². The Kier molecular flexibility index (Phi) is 6.97. The van der Waals surface area contributed by atoms with Gasteiger partial charge in [-0.05, 0) is 69.1 Å². The van der Waals surface area contributed by atoms with Crippen LogP contribution in [-0.4, -0.2) is 104 Å². The lowest BCUT2D eigenvalue weighted by molar-refractivity contribution is 0.0644. The van der Waals surface area contributed by atoms with Crippen LogP contribution in [0.15, 0.2) is 48.5 Å². The summed E-state index contributed by atoms with van der Waals surface area (Å²) in [7, 11) is 0. The number of fused-ring (bicyclic) bond motifs is 1. The van der Waals surface area contributed by atoms with Crippen LogP contribution in [-0.2, 0) is 4.74 Å². The second-order valence-corrected chi connectivity index (χ2v) is 11.0. The number of rotatable bonds is 5. The number of amides is 1. The van der Waals surface area contributed by atoms with Crippen molar-refractivity contribution in [1.82, 2.24) is 34.8 Å². The number of benzene rings is 2. The van der Waals surface area contributed by atoms with E-state index in [4.69, 9.17) is 14.7 Å². The third-order valence-electron chi connectivity index (χ3n) is 8.44. The molecule has 0 unspecified atom stereocenters. The highest BCUT2D eigenvalue weighted by atomic mass is 16.5. The molecule has 3 saturated heterocycles. The van der Waals surface area contributed by atoms with E-state index in [1.54, 1.807) is 22.9 Å². The predicted octanol–water partition coefficient (Wildman–Crippen LogP) is 3.12. The van der Waals surface area contributed by atoms with Crippen molar-refractivity contribution in [1.29, 1.82) is 0 Å². The number of piperidine rings is 1. The molecular formula is C30H34N8O3. The zero-order chi connectivity index (χ0) is 27.8. The highest BCUT2D eigenvalue weighted by Gasteiger charge is 2.29. The molecule has 0 aliphatic carbocycles. The zero-order valence-electron chi connectivity index (χ0n) is 23.0. The summed E-state index contributed by atoms with van der Waals surface area (Å²) in [4.78, 5) is 29.9. The smallest absolute Gasteiger partial charge is 0.253 e. The predicted molar refractivity (Wildman–Crippen MR) is 154 cm³/mol. The van der Waals surface area contributed by atoms with Crippen molar-refractivity contribution in [2.45, 2.75) is 31.7 Å². The standard InChI is InChI=1S/C30H34N8O3/c39-25-8-4-5-21(20-25)27-31-28(36-15-17-41-18-16-36)26-29(32-27)38(34-33-26)24-7-3-6-22(19-24)30(40)37-13-9-23(10-14-37)35-11-1-2-12-35/h3-8,19-20,23,39H,1-2,9-18H2. The van der Waals surface area contributed by atoms with Crippen molar-refractivity contribution in [3.63, 3.8) is 0 Å². The first-order valence-corrected chi connectivity index (χ1v) is 14.5. The van der Waals surface area contributed by atoms with Gasteiger partial charge in [0.15, 0.2) is 22.8 Å². The fourth-order valence-corrected chi connectivity index (χ4v) is 6.24. The average Bonchev–Trinajstić information content (AvgIpc) is 3.72. The third-order valence-corrected chi connectivity index (χ3v) is 8.44. The van der Waals surface area contributed by atoms with Crippen LogP contribution in [0.3, 0.4) is 0 Å². The first kappa shape index (κ1) is 25.8. The summed E-state index contributed by atoms with van der Waals surface area (Å²) in [5.74, 6) is 1.32. The summed E-state index contributed by atoms with van der Waals surface area (Å²) < 4.78 is 7.23. The van der Waals surface area contributed by atoms with Crippen LogP contribution in [0.2, 0.25) is 0 Å². The molecule has 2 aromatic heterocycles. The van der Waals surface area contributed by atoms with E-state index < -0.39 is 0 Å². The number of phenolic OH excluding ortho intramolecular Hbond substituents is 1. The number of aromatic hydroxyl groups is 1. The molecule has 0 saturated carbocycles. The molecule has 2 aromatic carbocycles. The molecule has 1 N–H and O–H groups in total. The van der Waals surface area contributed by atoms with Crippen molar-refractivity contribution in [2.24, 2.45) is 0 Å². The van der Waals surface area contributed by atoms with Crippen LogP contribution in [0.25, 0.3) is 28.2 Å². The normalized spacial score (nSPS) is 18.8. The summed E-state index contributed by atoms with van der Waals surface area (Å²) in [5, 5.41) is 19.1. The van der Waals surface area contributed by atoms with E-state index in [1.165, 1.54) is 25.9 Å². The van der Waals surface area contributed by atoms with Gasteiger partial charge in [0.25, 0.3) is 5.91 Å². The topological polar surface area (TPSA) is 113 Å². The lowest BCUT2D eigenvalue weighted by Gasteiger charge is -2.36. The van der Waals surface area contributed by atoms with E-state index in [0.717, 1.165) is 25.9 Å². The van der Waals surface area contributed by atoms with E-state index in [1.807, 2.05) is 35.2 Å². The van der Waals surface area contributed by atoms with Crippen molar-refractivity contribution in [3.05, 3.63) is 54.1 Å². The number of morpholine rings is 1. The van der Waals surface area contributed by atoms with Gasteiger partial charge in [-0.1, -0.05) is 23.4 Å². The number of anilines is 1. The molecule has 4 aromatic rings. The van der Waals surface area contributed by atoms with Crippen LogP contribution >= 0.6 is 0 Å². The van der Waals surface area contributed by atoms with Crippen LogP contribution in [0, 0.1) is 0 Å². The molecule has 212 valence electrons. The Balaban J connectivity index is 1.21. The van der Waals surface area contributed by atoms with Gasteiger partial charge < -0.3 is 24.5 Å². The molecule has 3 aliphatic heterocycles. The number of carbonyl (C=O) groups is 1. The van der Waals surface area contributed by atoms with E-state index in [9.17, 15) is 9.90 Å². The fourth-order valence-electron chi connectivity index (χ4n) is 6.24. The first-order valence-electron chi connectivity index (χ1n) is 14.5. The zero-order valence-corrected chi connectivity index (χ0v) is 23.0. The molecule has 1 amide bonds. The molecule has 3 fully saturated rings. The molecule has 0 spiro atoms. The number of ether oxygens (including phenoxy) is 1. The summed E-state index contributed by atoms with van der Waals surface area (Å²) >= 11 is 0. The van der Waals surface area contributed by atoms with Gasteiger partial charge in [0, 0.05) is 43.3 Å². The molecule has 7 rings (SSSR count). The molecule has 5 heterocycles. The fraction of sp³-hybridized carbons (Fsp3) is 0.433. The highest BCUT2D eigenvalue weighted by Crippen LogP contribution is 2.30. The third kappa shape index (κ3) is 5.11. The molecular weight excluding hydrogens is 520 g/mol. The maximum atomic E-state index is 13.5. The molecule has 11 heteroatoms. The van der Waals surface area contributed by atoms with Gasteiger partial charge in [-0.2, -0.15) is 4.68 Å². The number of likely N-dealkylation sites (tertiary alicyclic amines) is 2. The SMILES string of the molecule is O=C(c1cccc(-n2nnc3c(N4CCOCC4)nc(-c4cccc(O)c4)nc32)c1)N1CCC(N2CCCC2)CC1. The Morgan fingerprint density at radius 2 is 1.68 bits per heavy atom. The second kappa shape index (κ2) is 11.1. The summed E-state index contributed by atoms with van der Waals surface area (Å²) in [6.45, 7) is 6.49. The Hall–Kier alpha value is -4.09. The van der Waals surface area contributed by atoms with Crippen molar-refractivity contribution in [3.8, 4) is 22.8 Å². The van der Waals surface area contributed by atoms with Crippen LogP contribution in [0.5, 0.6) is 5.75 Å². The molecule has 3 aliphatic rings. The number of hydrogen-bond donors (Lipinski definition) is 1. The highest BCUT2D eigenvalue weighted by molar-refractivity contribution is 5.95. The minimum Gasteiger partial charge on any atom is -0.508 e. The Morgan fingerprint density at radius 3 is 2.46 bits per heavy atom. The van der Waals surface area contributed by atoms with E-state index >= 15 is 0 Å². The summed E-state index contributed by atoms with van der Waals surface area (Å²) in [6.07, 6.45) is 4.63. The summed E-state index contributed by atoms with van der Waals surface area (Å²) in [5.41, 5.74) is 3.14. The average molecular weight is 555 g/mol. The molecule has 0 atom stereocenters. The number of carbonyl (C=O) groups excluding carboxylic acids is 1. The molecule has 0 radical (unpaired) electrons. The van der Waals surface area contributed by atoms with Gasteiger partial charge in [0.1, 0.15) is 5.75 Å². The minimum absolute atomic E-state index is 0.0419. The summed E-state index contributed by atoms with van der Waals surface area (Å²) in [6, 6.07) is 15.0. The van der Waals surface area contributed by atoms with E-state index in [-0.39, 0.29) is 11.7 Å². The number of phenols is 1. The van der Waals surface area contributed by atoms with Gasteiger partial charge in [-0.3, -0.25) is 4.79 Å². The lowest BCUT2D eigenvalue weighted by Crippen LogP contribution is -2.45. The van der Waals surface area contributed by atoms with Crippen LogP contribution < -0.4 is 4.90 Å². The van der Waals surface area contributed by atoms with Gasteiger partial charge in [0.05, 0.1) is 18.9 Å². The van der Waals surface area contributed by atoms with E-state index in [2.05, 4.69) is 20.1 Å². The van der Waals surface area contributed by atoms with Gasteiger partial charge in [0.2, 0.25) is 0 Å². The Labute approximate surface area is 238 Å². The van der Waals surface area contributed by atoms with Gasteiger partial charge in [-0.15, -0.1) is 5.10 Å².